The number of hydrogen-bond acceptors (Lipinski definition) is 6. The van der Waals surface area contributed by atoms with Gasteiger partial charge in [0.25, 0.3) is 0 Å². The van der Waals surface area contributed by atoms with Gasteiger partial charge in [-0.05, 0) is 43.5 Å². The van der Waals surface area contributed by atoms with Crippen molar-refractivity contribution in [3.05, 3.63) is 82.4 Å². The summed E-state index contributed by atoms with van der Waals surface area (Å²) in [6.07, 6.45) is 2.62. The fraction of sp³-hybridized carbons (Fsp3) is 0.269. The van der Waals surface area contributed by atoms with Crippen LogP contribution in [-0.4, -0.2) is 28.5 Å². The number of esters is 1. The van der Waals surface area contributed by atoms with Crippen molar-refractivity contribution in [3.8, 4) is 5.75 Å². The van der Waals surface area contributed by atoms with Crippen LogP contribution in [0.4, 0.5) is 0 Å². The van der Waals surface area contributed by atoms with Crippen LogP contribution >= 0.6 is 0 Å². The Hall–Kier alpha value is -3.87. The molecule has 0 amide bonds. The summed E-state index contributed by atoms with van der Waals surface area (Å²) < 4.78 is 16.2. The van der Waals surface area contributed by atoms with Crippen LogP contribution in [0.2, 0.25) is 0 Å². The number of Topliss-reactive ketones (excluding diaryl/α,β-unsaturated/α-hetero) is 1. The molecule has 2 aromatic carbocycles. The molecule has 1 N–H and O–H groups in total. The smallest absolute Gasteiger partial charge is 0.310 e. The van der Waals surface area contributed by atoms with Gasteiger partial charge >= 0.3 is 5.97 Å². The average molecular weight is 447 g/mol. The number of benzene rings is 2. The number of nitrogens with one attached hydrogen (secondary N) is 1. The summed E-state index contributed by atoms with van der Waals surface area (Å²) in [5.41, 5.74) is 5.13. The molecule has 7 heteroatoms. The van der Waals surface area contributed by atoms with E-state index in [9.17, 15) is 9.59 Å². The van der Waals surface area contributed by atoms with E-state index >= 15 is 0 Å². The number of aryl methyl sites for hydroxylation is 3. The largest absolute Gasteiger partial charge is 0.489 e. The first-order valence-corrected chi connectivity index (χ1v) is 10.9. The van der Waals surface area contributed by atoms with E-state index in [1.54, 1.807) is 30.5 Å². The van der Waals surface area contributed by atoms with Crippen molar-refractivity contribution in [1.29, 1.82) is 0 Å². The van der Waals surface area contributed by atoms with Crippen LogP contribution in [0, 0.1) is 13.8 Å². The Balaban J connectivity index is 1.29. The second kappa shape index (κ2) is 9.73. The molecule has 0 atom stereocenters. The van der Waals surface area contributed by atoms with Crippen LogP contribution in [0.1, 0.15) is 45.4 Å². The molecule has 0 unspecified atom stereocenters. The maximum absolute atomic E-state index is 12.6. The van der Waals surface area contributed by atoms with Gasteiger partial charge in [-0.1, -0.05) is 42.4 Å². The van der Waals surface area contributed by atoms with Crippen molar-refractivity contribution >= 4 is 22.7 Å². The van der Waals surface area contributed by atoms with Gasteiger partial charge in [-0.25, -0.2) is 0 Å². The monoisotopic (exact) mass is 446 g/mol. The number of ketones is 1. The van der Waals surface area contributed by atoms with E-state index in [1.165, 1.54) is 0 Å². The lowest BCUT2D eigenvalue weighted by Crippen LogP contribution is -2.15. The Morgan fingerprint density at radius 3 is 2.58 bits per heavy atom. The minimum absolute atomic E-state index is 0.0747. The number of hydrogen-bond donors (Lipinski definition) is 1. The molecule has 0 fully saturated rings. The summed E-state index contributed by atoms with van der Waals surface area (Å²) in [7, 11) is 0. The second-order valence-electron chi connectivity index (χ2n) is 7.89. The van der Waals surface area contributed by atoms with Gasteiger partial charge in [0.1, 0.15) is 18.1 Å². The summed E-state index contributed by atoms with van der Waals surface area (Å²) in [4.78, 5) is 28.0. The van der Waals surface area contributed by atoms with Crippen molar-refractivity contribution in [2.75, 3.05) is 6.61 Å². The molecule has 2 heterocycles. The fourth-order valence-corrected chi connectivity index (χ4v) is 3.75. The van der Waals surface area contributed by atoms with E-state index in [2.05, 4.69) is 17.1 Å². The molecular formula is C26H26N2O5. The van der Waals surface area contributed by atoms with Crippen LogP contribution < -0.4 is 4.74 Å². The van der Waals surface area contributed by atoms with Crippen molar-refractivity contribution in [3.63, 3.8) is 0 Å². The molecule has 0 aliphatic carbocycles. The predicted molar refractivity (Wildman–Crippen MR) is 123 cm³/mol. The third-order valence-corrected chi connectivity index (χ3v) is 5.68. The minimum atomic E-state index is -0.457. The van der Waals surface area contributed by atoms with Gasteiger partial charge in [0.2, 0.25) is 5.78 Å². The summed E-state index contributed by atoms with van der Waals surface area (Å²) in [6, 6.07) is 13.1. The molecule has 0 spiro atoms. The van der Waals surface area contributed by atoms with Gasteiger partial charge in [0, 0.05) is 22.7 Å². The number of carbonyl (C=O) groups is 2. The Kier molecular flexibility index (Phi) is 6.58. The van der Waals surface area contributed by atoms with Gasteiger partial charge < -0.3 is 19.0 Å². The lowest BCUT2D eigenvalue weighted by molar-refractivity contribution is -0.141. The molecule has 0 radical (unpaired) electrons. The van der Waals surface area contributed by atoms with Crippen molar-refractivity contribution in [2.24, 2.45) is 0 Å². The van der Waals surface area contributed by atoms with E-state index in [0.717, 1.165) is 45.5 Å². The van der Waals surface area contributed by atoms with Gasteiger partial charge in [-0.2, -0.15) is 0 Å². The van der Waals surface area contributed by atoms with Crippen molar-refractivity contribution in [1.82, 2.24) is 10.1 Å². The SMILES string of the molecule is CCc1cccc2c(C(=O)COC(=O)Cc3ccc(OCc4c(C)noc4C)cc3)c[nH]c12. The molecule has 0 bridgehead atoms. The molecule has 2 aromatic heterocycles. The van der Waals surface area contributed by atoms with E-state index < -0.39 is 5.97 Å². The lowest BCUT2D eigenvalue weighted by Gasteiger charge is -2.07. The molecule has 0 aliphatic rings. The number of nitrogens with zero attached hydrogens (tertiary/aromatic N) is 1. The highest BCUT2D eigenvalue weighted by Crippen LogP contribution is 2.23. The Morgan fingerprint density at radius 1 is 1.09 bits per heavy atom. The average Bonchev–Trinajstić information content (AvgIpc) is 3.40. The molecule has 170 valence electrons. The van der Waals surface area contributed by atoms with Crippen LogP contribution in [0.5, 0.6) is 5.75 Å². The first-order chi connectivity index (χ1) is 16.0. The molecule has 7 nitrogen and oxygen atoms in total. The van der Waals surface area contributed by atoms with Crippen molar-refractivity contribution in [2.45, 2.75) is 40.2 Å². The zero-order chi connectivity index (χ0) is 23.4. The van der Waals surface area contributed by atoms with E-state index in [-0.39, 0.29) is 18.8 Å². The highest BCUT2D eigenvalue weighted by atomic mass is 16.5. The predicted octanol–water partition coefficient (Wildman–Crippen LogP) is 4.88. The lowest BCUT2D eigenvalue weighted by atomic mass is 10.1. The maximum Gasteiger partial charge on any atom is 0.310 e. The molecule has 4 rings (SSSR count). The van der Waals surface area contributed by atoms with Crippen LogP contribution in [0.15, 0.2) is 53.2 Å². The molecule has 0 saturated heterocycles. The fourth-order valence-electron chi connectivity index (χ4n) is 3.75. The number of carbonyl (C=O) groups excluding carboxylic acids is 2. The second-order valence-corrected chi connectivity index (χ2v) is 7.89. The van der Waals surface area contributed by atoms with E-state index in [4.69, 9.17) is 14.0 Å². The number of fused-ring (bicyclic) bond motifs is 1. The molecule has 0 aliphatic heterocycles. The summed E-state index contributed by atoms with van der Waals surface area (Å²) in [5.74, 6) is 0.723. The Bertz CT molecular complexity index is 1260. The molecule has 0 saturated carbocycles. The number of rotatable bonds is 9. The minimum Gasteiger partial charge on any atom is -0.489 e. The molecule has 33 heavy (non-hydrogen) atoms. The zero-order valence-corrected chi connectivity index (χ0v) is 18.9. The van der Waals surface area contributed by atoms with Crippen molar-refractivity contribution < 1.29 is 23.6 Å². The summed E-state index contributed by atoms with van der Waals surface area (Å²) in [6.45, 7) is 5.85. The zero-order valence-electron chi connectivity index (χ0n) is 18.9. The maximum atomic E-state index is 12.6. The number of aromatic amines is 1. The van der Waals surface area contributed by atoms with Crippen LogP contribution in [-0.2, 0) is 29.0 Å². The Labute approximate surface area is 191 Å². The standard InChI is InChI=1S/C26H26N2O5/c1-4-19-6-5-7-21-22(13-27-26(19)21)24(29)15-32-25(30)12-18-8-10-20(11-9-18)31-14-23-16(2)28-33-17(23)3/h5-11,13,27H,4,12,14-15H2,1-3H3. The first kappa shape index (κ1) is 22.3. The third-order valence-electron chi connectivity index (χ3n) is 5.68. The summed E-state index contributed by atoms with van der Waals surface area (Å²) in [5, 5.41) is 4.76. The van der Waals surface area contributed by atoms with Gasteiger partial charge in [-0.15, -0.1) is 0 Å². The van der Waals surface area contributed by atoms with Gasteiger partial charge in [0.05, 0.1) is 17.7 Å². The highest BCUT2D eigenvalue weighted by molar-refractivity contribution is 6.09. The number of aromatic nitrogens is 2. The number of H-pyrrole nitrogens is 1. The van der Waals surface area contributed by atoms with Crippen LogP contribution in [0.3, 0.4) is 0 Å². The topological polar surface area (TPSA) is 94.4 Å². The number of ether oxygens (including phenoxy) is 2. The van der Waals surface area contributed by atoms with Crippen LogP contribution in [0.25, 0.3) is 10.9 Å². The molecular weight excluding hydrogens is 420 g/mol. The summed E-state index contributed by atoms with van der Waals surface area (Å²) >= 11 is 0. The number of para-hydroxylation sites is 1. The van der Waals surface area contributed by atoms with Gasteiger partial charge in [-0.3, -0.25) is 9.59 Å². The molecule has 4 aromatic rings. The first-order valence-electron chi connectivity index (χ1n) is 10.9. The highest BCUT2D eigenvalue weighted by Gasteiger charge is 2.16. The normalized spacial score (nSPS) is 11.0. The third kappa shape index (κ3) is 4.98. The van der Waals surface area contributed by atoms with E-state index in [1.807, 2.05) is 32.0 Å². The van der Waals surface area contributed by atoms with Gasteiger partial charge in [0.15, 0.2) is 6.61 Å². The Morgan fingerprint density at radius 2 is 1.88 bits per heavy atom. The van der Waals surface area contributed by atoms with E-state index in [0.29, 0.717) is 17.9 Å². The quantitative estimate of drug-likeness (QED) is 0.291.